The molecular formula is C18H24O7S. The molecule has 0 bridgehead atoms. The predicted octanol–water partition coefficient (Wildman–Crippen LogP) is 1.86. The quantitative estimate of drug-likeness (QED) is 0.770. The normalized spacial score (nSPS) is 38.4. The molecule has 26 heavy (non-hydrogen) atoms. The smallest absolute Gasteiger partial charge is 0.207 e. The molecule has 8 heteroatoms. The number of hydrogen-bond donors (Lipinski definition) is 0. The maximum atomic E-state index is 13.2. The van der Waals surface area contributed by atoms with Crippen molar-refractivity contribution in [3.63, 3.8) is 0 Å². The van der Waals surface area contributed by atoms with Crippen molar-refractivity contribution in [2.24, 2.45) is 0 Å². The molecule has 5 atom stereocenters. The van der Waals surface area contributed by atoms with Crippen LogP contribution in [-0.2, 0) is 33.5 Å². The van der Waals surface area contributed by atoms with Crippen molar-refractivity contribution in [2.75, 3.05) is 6.61 Å². The first-order valence-electron chi connectivity index (χ1n) is 8.71. The third-order valence-corrected chi connectivity index (χ3v) is 6.74. The Morgan fingerprint density at radius 3 is 2.19 bits per heavy atom. The maximum absolute atomic E-state index is 13.2. The Kier molecular flexibility index (Phi) is 4.22. The minimum absolute atomic E-state index is 0.188. The molecule has 144 valence electrons. The first-order chi connectivity index (χ1) is 12.1. The van der Waals surface area contributed by atoms with Gasteiger partial charge in [-0.05, 0) is 39.8 Å². The van der Waals surface area contributed by atoms with Crippen LogP contribution in [0.5, 0.6) is 0 Å². The third-order valence-electron chi connectivity index (χ3n) is 4.82. The molecule has 3 aliphatic heterocycles. The van der Waals surface area contributed by atoms with Crippen LogP contribution in [0.2, 0.25) is 0 Å². The Hall–Kier alpha value is -1.03. The highest BCUT2D eigenvalue weighted by molar-refractivity contribution is 7.92. The Balaban J connectivity index is 1.71. The van der Waals surface area contributed by atoms with Crippen LogP contribution < -0.4 is 0 Å². The van der Waals surface area contributed by atoms with Gasteiger partial charge in [-0.25, -0.2) is 8.42 Å². The zero-order chi connectivity index (χ0) is 18.7. The van der Waals surface area contributed by atoms with Crippen LogP contribution in [0, 0.1) is 0 Å². The highest BCUT2D eigenvalue weighted by Gasteiger charge is 2.61. The topological polar surface area (TPSA) is 80.3 Å². The first-order valence-corrected chi connectivity index (χ1v) is 10.3. The van der Waals surface area contributed by atoms with Crippen molar-refractivity contribution in [3.8, 4) is 0 Å². The molecule has 3 saturated heterocycles. The van der Waals surface area contributed by atoms with Gasteiger partial charge in [0.2, 0.25) is 9.84 Å². The summed E-state index contributed by atoms with van der Waals surface area (Å²) in [6.45, 7) is 7.37. The number of hydrogen-bond acceptors (Lipinski definition) is 7. The summed E-state index contributed by atoms with van der Waals surface area (Å²) < 4.78 is 56.0. The van der Waals surface area contributed by atoms with E-state index in [1.54, 1.807) is 44.2 Å². The molecule has 1 aromatic rings. The van der Waals surface area contributed by atoms with Gasteiger partial charge in [0.1, 0.15) is 24.4 Å². The lowest BCUT2D eigenvalue weighted by molar-refractivity contribution is -0.342. The van der Waals surface area contributed by atoms with E-state index in [-0.39, 0.29) is 11.5 Å². The standard InChI is InChI=1S/C18H24O7S/c1-17(2)21-10-12-13(23-17)14-15(25-18(3,4)24-14)16(22-12)26(19,20)11-8-6-5-7-9-11/h5-9,12-16H,10H2,1-4H3/t12-,13-,14+,15+,16-/m1/s1. The Labute approximate surface area is 153 Å². The zero-order valence-electron chi connectivity index (χ0n) is 15.2. The average molecular weight is 384 g/mol. The van der Waals surface area contributed by atoms with Crippen LogP contribution in [0.25, 0.3) is 0 Å². The third kappa shape index (κ3) is 3.08. The van der Waals surface area contributed by atoms with Gasteiger partial charge in [-0.2, -0.15) is 0 Å². The van der Waals surface area contributed by atoms with Gasteiger partial charge in [0.05, 0.1) is 11.5 Å². The molecule has 3 fully saturated rings. The lowest BCUT2D eigenvalue weighted by Crippen LogP contribution is -2.64. The largest absolute Gasteiger partial charge is 0.351 e. The lowest BCUT2D eigenvalue weighted by atomic mass is 9.98. The van der Waals surface area contributed by atoms with E-state index in [0.29, 0.717) is 0 Å². The summed E-state index contributed by atoms with van der Waals surface area (Å²) >= 11 is 0. The zero-order valence-corrected chi connectivity index (χ0v) is 16.1. The van der Waals surface area contributed by atoms with E-state index in [9.17, 15) is 8.42 Å². The van der Waals surface area contributed by atoms with E-state index in [1.807, 2.05) is 13.8 Å². The molecule has 0 spiro atoms. The number of rotatable bonds is 2. The van der Waals surface area contributed by atoms with Gasteiger partial charge in [0.15, 0.2) is 17.0 Å². The summed E-state index contributed by atoms with van der Waals surface area (Å²) in [5.41, 5.74) is -1.19. The molecule has 3 heterocycles. The van der Waals surface area contributed by atoms with Crippen molar-refractivity contribution < 1.29 is 32.1 Å². The van der Waals surface area contributed by atoms with Gasteiger partial charge in [-0.3, -0.25) is 0 Å². The van der Waals surface area contributed by atoms with E-state index < -0.39 is 51.3 Å². The fourth-order valence-corrected chi connectivity index (χ4v) is 5.39. The highest BCUT2D eigenvalue weighted by Crippen LogP contribution is 2.44. The Bertz CT molecular complexity index is 774. The van der Waals surface area contributed by atoms with Crippen LogP contribution in [0.15, 0.2) is 35.2 Å². The number of fused-ring (bicyclic) bond motifs is 3. The summed E-state index contributed by atoms with van der Waals surface area (Å²) in [7, 11) is -3.78. The van der Waals surface area contributed by atoms with Crippen molar-refractivity contribution in [1.29, 1.82) is 0 Å². The van der Waals surface area contributed by atoms with Crippen LogP contribution in [0.3, 0.4) is 0 Å². The lowest BCUT2D eigenvalue weighted by Gasteiger charge is -2.48. The SMILES string of the molecule is CC1(C)OC[C@H]2O[C@H](S(=O)(=O)c3ccccc3)[C@H]3OC(C)(C)O[C@H]3[C@@H]2O1. The van der Waals surface area contributed by atoms with Gasteiger partial charge in [-0.15, -0.1) is 0 Å². The van der Waals surface area contributed by atoms with E-state index >= 15 is 0 Å². The summed E-state index contributed by atoms with van der Waals surface area (Å²) in [6, 6.07) is 8.24. The molecule has 0 radical (unpaired) electrons. The highest BCUT2D eigenvalue weighted by atomic mass is 32.2. The molecule has 0 aromatic heterocycles. The summed E-state index contributed by atoms with van der Waals surface area (Å²) in [4.78, 5) is 0.188. The van der Waals surface area contributed by atoms with Crippen LogP contribution in [0.1, 0.15) is 27.7 Å². The minimum atomic E-state index is -3.78. The number of sulfone groups is 1. The average Bonchev–Trinajstić information content (AvgIpc) is 2.89. The van der Waals surface area contributed by atoms with E-state index in [2.05, 4.69) is 0 Å². The summed E-state index contributed by atoms with van der Waals surface area (Å²) in [5, 5.41) is 0. The van der Waals surface area contributed by atoms with E-state index in [0.717, 1.165) is 0 Å². The van der Waals surface area contributed by atoms with E-state index in [4.69, 9.17) is 23.7 Å². The first kappa shape index (κ1) is 18.3. The second-order valence-corrected chi connectivity index (χ2v) is 9.79. The van der Waals surface area contributed by atoms with Gasteiger partial charge in [-0.1, -0.05) is 18.2 Å². The molecule has 0 saturated carbocycles. The molecule has 0 aliphatic carbocycles. The van der Waals surface area contributed by atoms with Crippen molar-refractivity contribution >= 4 is 9.84 Å². The summed E-state index contributed by atoms with van der Waals surface area (Å²) in [6.07, 6.45) is -2.36. The Morgan fingerprint density at radius 2 is 1.50 bits per heavy atom. The predicted molar refractivity (Wildman–Crippen MR) is 91.0 cm³/mol. The van der Waals surface area contributed by atoms with E-state index in [1.165, 1.54) is 0 Å². The van der Waals surface area contributed by atoms with Crippen LogP contribution in [0.4, 0.5) is 0 Å². The summed E-state index contributed by atoms with van der Waals surface area (Å²) in [5.74, 6) is -1.72. The van der Waals surface area contributed by atoms with Crippen molar-refractivity contribution in [1.82, 2.24) is 0 Å². The molecule has 0 unspecified atom stereocenters. The van der Waals surface area contributed by atoms with Gasteiger partial charge >= 0.3 is 0 Å². The fraction of sp³-hybridized carbons (Fsp3) is 0.667. The fourth-order valence-electron chi connectivity index (χ4n) is 3.74. The van der Waals surface area contributed by atoms with Crippen molar-refractivity contribution in [3.05, 3.63) is 30.3 Å². The number of ether oxygens (including phenoxy) is 5. The molecule has 0 N–H and O–H groups in total. The monoisotopic (exact) mass is 384 g/mol. The molecule has 7 nitrogen and oxygen atoms in total. The minimum Gasteiger partial charge on any atom is -0.351 e. The van der Waals surface area contributed by atoms with Crippen molar-refractivity contribution in [2.45, 2.75) is 74.0 Å². The maximum Gasteiger partial charge on any atom is 0.207 e. The molecule has 0 amide bonds. The molecule has 4 rings (SSSR count). The van der Waals surface area contributed by atoms with Gasteiger partial charge in [0.25, 0.3) is 0 Å². The van der Waals surface area contributed by atoms with Gasteiger partial charge < -0.3 is 23.7 Å². The number of benzene rings is 1. The molecule has 3 aliphatic rings. The Morgan fingerprint density at radius 1 is 0.885 bits per heavy atom. The molecule has 1 aromatic carbocycles. The second-order valence-electron chi connectivity index (χ2n) is 7.76. The second kappa shape index (κ2) is 5.98. The van der Waals surface area contributed by atoms with Gasteiger partial charge in [0, 0.05) is 0 Å². The van der Waals surface area contributed by atoms with Crippen LogP contribution in [-0.4, -0.2) is 56.5 Å². The van der Waals surface area contributed by atoms with Crippen LogP contribution >= 0.6 is 0 Å². The molecular weight excluding hydrogens is 360 g/mol.